The molecule has 0 aliphatic carbocycles. The van der Waals surface area contributed by atoms with Crippen LogP contribution in [-0.2, 0) is 9.59 Å². The Morgan fingerprint density at radius 3 is 2.65 bits per heavy atom. The van der Waals surface area contributed by atoms with Crippen LogP contribution in [0.4, 0.5) is 5.69 Å². The van der Waals surface area contributed by atoms with E-state index in [2.05, 4.69) is 16.0 Å². The van der Waals surface area contributed by atoms with Crippen molar-refractivity contribution >= 4 is 40.7 Å². The number of rotatable bonds is 6. The van der Waals surface area contributed by atoms with Crippen LogP contribution in [0.1, 0.15) is 25.7 Å². The number of hydrogen-bond donors (Lipinski definition) is 3. The van der Waals surface area contributed by atoms with E-state index in [9.17, 15) is 9.59 Å². The summed E-state index contributed by atoms with van der Waals surface area (Å²) < 4.78 is 0. The van der Waals surface area contributed by atoms with Gasteiger partial charge in [0.2, 0.25) is 11.8 Å². The SMILES string of the molecule is O=C(CCC1CCNCC1)NCC(=O)Nc1cc(Cl)ccc1Cl. The van der Waals surface area contributed by atoms with Crippen molar-refractivity contribution in [3.63, 3.8) is 0 Å². The Morgan fingerprint density at radius 1 is 1.17 bits per heavy atom. The van der Waals surface area contributed by atoms with Crippen LogP contribution in [0.2, 0.25) is 10.0 Å². The molecule has 0 saturated carbocycles. The smallest absolute Gasteiger partial charge is 0.243 e. The first-order valence-electron chi connectivity index (χ1n) is 7.77. The summed E-state index contributed by atoms with van der Waals surface area (Å²) in [6, 6.07) is 4.82. The fraction of sp³-hybridized carbons (Fsp3) is 0.500. The minimum atomic E-state index is -0.329. The summed E-state index contributed by atoms with van der Waals surface area (Å²) in [6.45, 7) is 1.97. The second-order valence-electron chi connectivity index (χ2n) is 5.68. The molecule has 1 aliphatic rings. The van der Waals surface area contributed by atoms with Crippen LogP contribution < -0.4 is 16.0 Å². The fourth-order valence-corrected chi connectivity index (χ4v) is 2.90. The van der Waals surface area contributed by atoms with Gasteiger partial charge in [-0.15, -0.1) is 0 Å². The van der Waals surface area contributed by atoms with Crippen LogP contribution in [0.15, 0.2) is 18.2 Å². The predicted octanol–water partition coefficient (Wildman–Crippen LogP) is 2.83. The topological polar surface area (TPSA) is 70.2 Å². The molecule has 2 amide bonds. The van der Waals surface area contributed by atoms with Gasteiger partial charge in [-0.05, 0) is 56.5 Å². The molecule has 0 unspecified atom stereocenters. The Labute approximate surface area is 146 Å². The molecule has 0 atom stereocenters. The van der Waals surface area contributed by atoms with Crippen LogP contribution in [0.25, 0.3) is 0 Å². The molecular weight excluding hydrogens is 337 g/mol. The zero-order chi connectivity index (χ0) is 16.7. The highest BCUT2D eigenvalue weighted by Crippen LogP contribution is 2.25. The molecule has 3 N–H and O–H groups in total. The lowest BCUT2D eigenvalue weighted by atomic mass is 9.93. The Morgan fingerprint density at radius 2 is 1.91 bits per heavy atom. The second kappa shape index (κ2) is 9.11. The van der Waals surface area contributed by atoms with E-state index in [1.54, 1.807) is 18.2 Å². The van der Waals surface area contributed by atoms with Gasteiger partial charge in [0.05, 0.1) is 17.3 Å². The van der Waals surface area contributed by atoms with Gasteiger partial charge < -0.3 is 16.0 Å². The molecule has 1 aromatic carbocycles. The minimum Gasteiger partial charge on any atom is -0.347 e. The van der Waals surface area contributed by atoms with E-state index >= 15 is 0 Å². The summed E-state index contributed by atoms with van der Waals surface area (Å²) in [7, 11) is 0. The van der Waals surface area contributed by atoms with Gasteiger partial charge >= 0.3 is 0 Å². The van der Waals surface area contributed by atoms with E-state index in [1.165, 1.54) is 0 Å². The molecule has 126 valence electrons. The minimum absolute atomic E-state index is 0.0755. The lowest BCUT2D eigenvalue weighted by molar-refractivity contribution is -0.124. The lowest BCUT2D eigenvalue weighted by Gasteiger charge is -2.22. The number of carbonyl (C=O) groups is 2. The Hall–Kier alpha value is -1.30. The van der Waals surface area contributed by atoms with E-state index in [-0.39, 0.29) is 18.4 Å². The third-order valence-corrected chi connectivity index (χ3v) is 4.45. The van der Waals surface area contributed by atoms with Crippen LogP contribution in [0.5, 0.6) is 0 Å². The average molecular weight is 358 g/mol. The Kier molecular flexibility index (Phi) is 7.15. The number of benzene rings is 1. The maximum absolute atomic E-state index is 11.9. The zero-order valence-corrected chi connectivity index (χ0v) is 14.3. The summed E-state index contributed by atoms with van der Waals surface area (Å²) in [4.78, 5) is 23.7. The van der Waals surface area contributed by atoms with Crippen LogP contribution >= 0.6 is 23.2 Å². The molecular formula is C16H21Cl2N3O2. The van der Waals surface area contributed by atoms with Crippen molar-refractivity contribution in [2.45, 2.75) is 25.7 Å². The van der Waals surface area contributed by atoms with Gasteiger partial charge in [0.15, 0.2) is 0 Å². The first kappa shape index (κ1) is 18.0. The number of anilines is 1. The molecule has 1 saturated heterocycles. The van der Waals surface area contributed by atoms with E-state index in [0.717, 1.165) is 32.4 Å². The van der Waals surface area contributed by atoms with Crippen LogP contribution in [0, 0.1) is 5.92 Å². The van der Waals surface area contributed by atoms with Gasteiger partial charge in [0.1, 0.15) is 0 Å². The van der Waals surface area contributed by atoms with Gasteiger partial charge in [0, 0.05) is 11.4 Å². The number of hydrogen-bond acceptors (Lipinski definition) is 3. The molecule has 0 spiro atoms. The van der Waals surface area contributed by atoms with Gasteiger partial charge in [-0.2, -0.15) is 0 Å². The van der Waals surface area contributed by atoms with Crippen molar-refractivity contribution in [3.8, 4) is 0 Å². The Bertz CT molecular complexity index is 560. The molecule has 7 heteroatoms. The van der Waals surface area contributed by atoms with Crippen LogP contribution in [-0.4, -0.2) is 31.4 Å². The van der Waals surface area contributed by atoms with Crippen molar-refractivity contribution in [1.82, 2.24) is 10.6 Å². The van der Waals surface area contributed by atoms with Crippen molar-refractivity contribution in [3.05, 3.63) is 28.2 Å². The summed E-state index contributed by atoms with van der Waals surface area (Å²) in [5.74, 6) is 0.168. The maximum atomic E-state index is 11.9. The molecule has 0 radical (unpaired) electrons. The first-order chi connectivity index (χ1) is 11.0. The molecule has 1 aliphatic heterocycles. The highest BCUT2D eigenvalue weighted by atomic mass is 35.5. The summed E-state index contributed by atoms with van der Waals surface area (Å²) >= 11 is 11.8. The van der Waals surface area contributed by atoms with Gasteiger partial charge in [-0.1, -0.05) is 23.2 Å². The van der Waals surface area contributed by atoms with Crippen molar-refractivity contribution in [2.75, 3.05) is 25.0 Å². The van der Waals surface area contributed by atoms with Crippen molar-refractivity contribution in [1.29, 1.82) is 0 Å². The predicted molar refractivity (Wildman–Crippen MR) is 92.9 cm³/mol. The normalized spacial score (nSPS) is 15.2. The number of amides is 2. The molecule has 1 fully saturated rings. The quantitative estimate of drug-likeness (QED) is 0.732. The molecule has 0 bridgehead atoms. The molecule has 23 heavy (non-hydrogen) atoms. The first-order valence-corrected chi connectivity index (χ1v) is 8.52. The molecule has 5 nitrogen and oxygen atoms in total. The Balaban J connectivity index is 1.69. The van der Waals surface area contributed by atoms with Gasteiger partial charge in [-0.25, -0.2) is 0 Å². The summed E-state index contributed by atoms with van der Waals surface area (Å²) in [5.41, 5.74) is 0.438. The largest absolute Gasteiger partial charge is 0.347 e. The zero-order valence-electron chi connectivity index (χ0n) is 12.8. The number of nitrogens with one attached hydrogen (secondary N) is 3. The van der Waals surface area contributed by atoms with Crippen molar-refractivity contribution < 1.29 is 9.59 Å². The number of piperidine rings is 1. The third kappa shape index (κ3) is 6.37. The number of carbonyl (C=O) groups excluding carboxylic acids is 2. The fourth-order valence-electron chi connectivity index (χ4n) is 2.56. The highest BCUT2D eigenvalue weighted by molar-refractivity contribution is 6.35. The van der Waals surface area contributed by atoms with E-state index < -0.39 is 0 Å². The average Bonchev–Trinajstić information content (AvgIpc) is 2.55. The van der Waals surface area contributed by atoms with E-state index in [1.807, 2.05) is 0 Å². The number of halogens is 2. The maximum Gasteiger partial charge on any atom is 0.243 e. The van der Waals surface area contributed by atoms with Gasteiger partial charge in [-0.3, -0.25) is 9.59 Å². The van der Waals surface area contributed by atoms with E-state index in [4.69, 9.17) is 23.2 Å². The van der Waals surface area contributed by atoms with Crippen molar-refractivity contribution in [2.24, 2.45) is 5.92 Å². The summed E-state index contributed by atoms with van der Waals surface area (Å²) in [6.07, 6.45) is 3.55. The second-order valence-corrected chi connectivity index (χ2v) is 6.52. The standard InChI is InChI=1S/C16H21Cl2N3O2/c17-12-2-3-13(18)14(9-12)21-16(23)10-20-15(22)4-1-11-5-7-19-8-6-11/h2-3,9,11,19H,1,4-8,10H2,(H,20,22)(H,21,23). The monoisotopic (exact) mass is 357 g/mol. The van der Waals surface area contributed by atoms with Gasteiger partial charge in [0.25, 0.3) is 0 Å². The highest BCUT2D eigenvalue weighted by Gasteiger charge is 2.15. The third-order valence-electron chi connectivity index (χ3n) is 3.89. The molecule has 0 aromatic heterocycles. The lowest BCUT2D eigenvalue weighted by Crippen LogP contribution is -2.33. The van der Waals surface area contributed by atoms with Crippen LogP contribution in [0.3, 0.4) is 0 Å². The molecule has 1 aromatic rings. The molecule has 2 rings (SSSR count). The summed E-state index contributed by atoms with van der Waals surface area (Å²) in [5, 5.41) is 9.45. The van der Waals surface area contributed by atoms with E-state index in [0.29, 0.717) is 28.1 Å². The molecule has 1 heterocycles.